The molecule has 0 aromatic carbocycles. The van der Waals surface area contributed by atoms with Crippen molar-refractivity contribution in [3.05, 3.63) is 23.4 Å². The maximum absolute atomic E-state index is 12.5. The summed E-state index contributed by atoms with van der Waals surface area (Å²) in [6.45, 7) is 1.58. The van der Waals surface area contributed by atoms with Crippen molar-refractivity contribution in [2.24, 2.45) is 5.84 Å². The molecule has 0 unspecified atom stereocenters. The number of esters is 1. The van der Waals surface area contributed by atoms with Gasteiger partial charge in [0.1, 0.15) is 5.82 Å². The molecule has 0 spiro atoms. The number of ether oxygens (including phenoxy) is 1. The third-order valence-corrected chi connectivity index (χ3v) is 1.79. The average Bonchev–Trinajstić information content (AvgIpc) is 2.27. The van der Waals surface area contributed by atoms with Gasteiger partial charge in [0.15, 0.2) is 5.69 Å². The molecule has 1 heterocycles. The second-order valence-corrected chi connectivity index (χ2v) is 2.99. The fourth-order valence-electron chi connectivity index (χ4n) is 1.08. The highest BCUT2D eigenvalue weighted by Crippen LogP contribution is 2.30. The van der Waals surface area contributed by atoms with E-state index in [1.807, 2.05) is 5.43 Å². The fourth-order valence-corrected chi connectivity index (χ4v) is 1.08. The minimum Gasteiger partial charge on any atom is -0.461 e. The Morgan fingerprint density at radius 3 is 2.65 bits per heavy atom. The molecule has 1 rings (SSSR count). The maximum Gasteiger partial charge on any atom is 0.416 e. The molecular weight excluding hydrogens is 239 g/mol. The van der Waals surface area contributed by atoms with Crippen molar-refractivity contribution in [3.8, 4) is 0 Å². The van der Waals surface area contributed by atoms with Crippen LogP contribution >= 0.6 is 0 Å². The number of hydrogen-bond donors (Lipinski definition) is 2. The zero-order chi connectivity index (χ0) is 13.1. The summed E-state index contributed by atoms with van der Waals surface area (Å²) in [6.07, 6.45) is -4.59. The van der Waals surface area contributed by atoms with E-state index in [0.717, 1.165) is 0 Å². The van der Waals surface area contributed by atoms with E-state index < -0.39 is 23.4 Å². The van der Waals surface area contributed by atoms with E-state index in [-0.39, 0.29) is 12.4 Å². The highest BCUT2D eigenvalue weighted by Gasteiger charge is 2.32. The second-order valence-electron chi connectivity index (χ2n) is 2.99. The van der Waals surface area contributed by atoms with Crippen LogP contribution in [0, 0.1) is 0 Å². The van der Waals surface area contributed by atoms with Gasteiger partial charge in [0.05, 0.1) is 12.2 Å². The number of halogens is 3. The first-order chi connectivity index (χ1) is 7.88. The van der Waals surface area contributed by atoms with E-state index >= 15 is 0 Å². The molecule has 0 aliphatic carbocycles. The Bertz CT molecular complexity index is 420. The van der Waals surface area contributed by atoms with E-state index in [9.17, 15) is 18.0 Å². The van der Waals surface area contributed by atoms with Gasteiger partial charge >= 0.3 is 12.1 Å². The van der Waals surface area contributed by atoms with E-state index in [1.54, 1.807) is 0 Å². The summed E-state index contributed by atoms with van der Waals surface area (Å²) >= 11 is 0. The first-order valence-electron chi connectivity index (χ1n) is 4.61. The number of nitrogen functional groups attached to an aromatic ring is 1. The minimum atomic E-state index is -4.59. The van der Waals surface area contributed by atoms with Crippen LogP contribution in [0.2, 0.25) is 0 Å². The number of alkyl halides is 3. The van der Waals surface area contributed by atoms with Crippen molar-refractivity contribution in [1.82, 2.24) is 4.98 Å². The molecule has 94 valence electrons. The molecular formula is C9H10F3N3O2. The molecule has 1 aromatic rings. The number of pyridine rings is 1. The largest absolute Gasteiger partial charge is 0.461 e. The summed E-state index contributed by atoms with van der Waals surface area (Å²) in [5.41, 5.74) is 0.484. The van der Waals surface area contributed by atoms with Crippen LogP contribution in [0.15, 0.2) is 12.1 Å². The van der Waals surface area contributed by atoms with Crippen LogP contribution in [-0.4, -0.2) is 17.6 Å². The molecule has 0 atom stereocenters. The number of carbonyl (C=O) groups is 1. The normalized spacial score (nSPS) is 11.1. The van der Waals surface area contributed by atoms with Gasteiger partial charge in [-0.1, -0.05) is 0 Å². The number of nitrogens with zero attached hydrogens (tertiary/aromatic N) is 1. The lowest BCUT2D eigenvalue weighted by atomic mass is 10.2. The van der Waals surface area contributed by atoms with Crippen LogP contribution in [0.3, 0.4) is 0 Å². The topological polar surface area (TPSA) is 77.2 Å². The molecule has 0 fully saturated rings. The van der Waals surface area contributed by atoms with Gasteiger partial charge < -0.3 is 10.2 Å². The van der Waals surface area contributed by atoms with E-state index in [4.69, 9.17) is 5.84 Å². The van der Waals surface area contributed by atoms with Crippen molar-refractivity contribution < 1.29 is 22.7 Å². The van der Waals surface area contributed by atoms with Crippen molar-refractivity contribution in [1.29, 1.82) is 0 Å². The number of hydrazine groups is 1. The molecule has 0 aliphatic rings. The van der Waals surface area contributed by atoms with Crippen molar-refractivity contribution in [2.75, 3.05) is 12.0 Å². The van der Waals surface area contributed by atoms with Gasteiger partial charge in [0.2, 0.25) is 0 Å². The SMILES string of the molecule is CCOC(=O)c1cc(C(F)(F)F)cc(NN)n1. The predicted molar refractivity (Wildman–Crippen MR) is 53.0 cm³/mol. The molecule has 0 aliphatic heterocycles. The molecule has 8 heteroatoms. The number of rotatable bonds is 3. The van der Waals surface area contributed by atoms with E-state index in [1.165, 1.54) is 6.92 Å². The molecule has 3 N–H and O–H groups in total. The number of nitrogens with two attached hydrogens (primary N) is 1. The van der Waals surface area contributed by atoms with E-state index in [0.29, 0.717) is 12.1 Å². The quantitative estimate of drug-likeness (QED) is 0.483. The summed E-state index contributed by atoms with van der Waals surface area (Å²) in [4.78, 5) is 14.8. The highest BCUT2D eigenvalue weighted by atomic mass is 19.4. The standard InChI is InChI=1S/C9H10F3N3O2/c1-2-17-8(16)6-3-5(9(10,11)12)4-7(14-6)15-13/h3-4H,2,13H2,1H3,(H,14,15). The number of hydrogen-bond acceptors (Lipinski definition) is 5. The van der Waals surface area contributed by atoms with E-state index in [2.05, 4.69) is 9.72 Å². The number of carbonyl (C=O) groups excluding carboxylic acids is 1. The van der Waals surface area contributed by atoms with Crippen molar-refractivity contribution >= 4 is 11.8 Å². The number of aromatic nitrogens is 1. The first kappa shape index (κ1) is 13.2. The average molecular weight is 249 g/mol. The van der Waals surface area contributed by atoms with Gasteiger partial charge in [-0.2, -0.15) is 13.2 Å². The van der Waals surface area contributed by atoms with Crippen LogP contribution in [0.4, 0.5) is 19.0 Å². The lowest BCUT2D eigenvalue weighted by Crippen LogP contribution is -2.16. The molecule has 17 heavy (non-hydrogen) atoms. The van der Waals surface area contributed by atoms with Crippen LogP contribution in [0.5, 0.6) is 0 Å². The summed E-state index contributed by atoms with van der Waals surface area (Å²) in [7, 11) is 0. The summed E-state index contributed by atoms with van der Waals surface area (Å²) in [5, 5.41) is 0. The summed E-state index contributed by atoms with van der Waals surface area (Å²) in [5.74, 6) is 3.78. The highest BCUT2D eigenvalue weighted by molar-refractivity contribution is 5.88. The Kier molecular flexibility index (Phi) is 3.89. The van der Waals surface area contributed by atoms with Gasteiger partial charge in [-0.15, -0.1) is 0 Å². The second kappa shape index (κ2) is 5.00. The van der Waals surface area contributed by atoms with Gasteiger partial charge in [-0.3, -0.25) is 0 Å². The molecule has 0 amide bonds. The van der Waals surface area contributed by atoms with Crippen LogP contribution < -0.4 is 11.3 Å². The fraction of sp³-hybridized carbons (Fsp3) is 0.333. The minimum absolute atomic E-state index is 0.0438. The third kappa shape index (κ3) is 3.31. The monoisotopic (exact) mass is 249 g/mol. The summed E-state index contributed by atoms with van der Waals surface area (Å²) in [6, 6.07) is 1.31. The Balaban J connectivity index is 3.19. The zero-order valence-electron chi connectivity index (χ0n) is 8.84. The maximum atomic E-state index is 12.5. The van der Waals surface area contributed by atoms with Crippen molar-refractivity contribution in [2.45, 2.75) is 13.1 Å². The Morgan fingerprint density at radius 1 is 1.53 bits per heavy atom. The molecule has 1 aromatic heterocycles. The lowest BCUT2D eigenvalue weighted by Gasteiger charge is -2.10. The molecule has 0 bridgehead atoms. The van der Waals surface area contributed by atoms with Gasteiger partial charge in [-0.05, 0) is 19.1 Å². The Morgan fingerprint density at radius 2 is 2.18 bits per heavy atom. The zero-order valence-corrected chi connectivity index (χ0v) is 8.84. The van der Waals surface area contributed by atoms with Gasteiger partial charge in [-0.25, -0.2) is 15.6 Å². The Labute approximate surface area is 94.7 Å². The Hall–Kier alpha value is -1.83. The predicted octanol–water partition coefficient (Wildman–Crippen LogP) is 1.56. The lowest BCUT2D eigenvalue weighted by molar-refractivity contribution is -0.137. The number of anilines is 1. The number of nitrogens with one attached hydrogen (secondary N) is 1. The smallest absolute Gasteiger partial charge is 0.416 e. The third-order valence-electron chi connectivity index (χ3n) is 1.79. The van der Waals surface area contributed by atoms with Crippen LogP contribution in [-0.2, 0) is 10.9 Å². The van der Waals surface area contributed by atoms with Crippen molar-refractivity contribution in [3.63, 3.8) is 0 Å². The first-order valence-corrected chi connectivity index (χ1v) is 4.61. The molecule has 0 radical (unpaired) electrons. The van der Waals surface area contributed by atoms with Crippen LogP contribution in [0.25, 0.3) is 0 Å². The van der Waals surface area contributed by atoms with Gasteiger partial charge in [0.25, 0.3) is 0 Å². The molecule has 0 saturated heterocycles. The van der Waals surface area contributed by atoms with Gasteiger partial charge in [0, 0.05) is 0 Å². The molecule has 0 saturated carbocycles. The molecule has 5 nitrogen and oxygen atoms in total. The summed E-state index contributed by atoms with van der Waals surface area (Å²) < 4.78 is 42.0. The van der Waals surface area contributed by atoms with Crippen LogP contribution in [0.1, 0.15) is 23.0 Å².